The molecule has 0 radical (unpaired) electrons. The average molecular weight is 435 g/mol. The van der Waals surface area contributed by atoms with Crippen LogP contribution in [-0.4, -0.2) is 39.5 Å². The van der Waals surface area contributed by atoms with E-state index in [-0.39, 0.29) is 46.9 Å². The minimum absolute atomic E-state index is 0.0156. The molecule has 4 nitrogen and oxygen atoms in total. The molecule has 0 aromatic heterocycles. The van der Waals surface area contributed by atoms with Crippen molar-refractivity contribution in [3.8, 4) is 0 Å². The second kappa shape index (κ2) is 8.55. The van der Waals surface area contributed by atoms with Crippen molar-refractivity contribution in [3.05, 3.63) is 23.0 Å². The summed E-state index contributed by atoms with van der Waals surface area (Å²) in [4.78, 5) is 12.8. The molecule has 1 saturated heterocycles. The van der Waals surface area contributed by atoms with E-state index in [4.69, 9.17) is 13.9 Å². The SMILES string of the molecule is COC1=C(C)C[C@H](C(C)=O)[C@H]2[C@H]3O[C@H](C/C(C)=C\CC[C@H]3O[Si](C)(C)C(C)(C)C)[C@@H]12. The normalized spacial score (nSPS) is 36.9. The highest BCUT2D eigenvalue weighted by Gasteiger charge is 2.57. The molecule has 170 valence electrons. The third-order valence-corrected chi connectivity index (χ3v) is 12.6. The molecule has 3 aliphatic rings. The zero-order valence-electron chi connectivity index (χ0n) is 20.5. The van der Waals surface area contributed by atoms with Gasteiger partial charge in [0.2, 0.25) is 0 Å². The second-order valence-electron chi connectivity index (χ2n) is 11.3. The number of methoxy groups -OCH3 is 1. The van der Waals surface area contributed by atoms with E-state index in [1.54, 1.807) is 14.0 Å². The van der Waals surface area contributed by atoms with E-state index in [0.717, 1.165) is 31.4 Å². The summed E-state index contributed by atoms with van der Waals surface area (Å²) in [6, 6.07) is 0. The molecule has 0 unspecified atom stereocenters. The Morgan fingerprint density at radius 2 is 1.87 bits per heavy atom. The Morgan fingerprint density at radius 3 is 2.43 bits per heavy atom. The van der Waals surface area contributed by atoms with Gasteiger partial charge in [-0.25, -0.2) is 0 Å². The molecule has 2 heterocycles. The summed E-state index contributed by atoms with van der Waals surface area (Å²) in [5, 5.41) is 0.134. The van der Waals surface area contributed by atoms with Crippen LogP contribution in [0.2, 0.25) is 18.1 Å². The van der Waals surface area contributed by atoms with Crippen LogP contribution in [0, 0.1) is 17.8 Å². The maximum atomic E-state index is 12.8. The van der Waals surface area contributed by atoms with Gasteiger partial charge >= 0.3 is 0 Å². The molecule has 1 aliphatic carbocycles. The van der Waals surface area contributed by atoms with Crippen molar-refractivity contribution >= 4 is 14.1 Å². The third-order valence-electron chi connectivity index (χ3n) is 8.07. The minimum Gasteiger partial charge on any atom is -0.501 e. The quantitative estimate of drug-likeness (QED) is 0.400. The molecule has 0 N–H and O–H groups in total. The van der Waals surface area contributed by atoms with Crippen LogP contribution >= 0.6 is 0 Å². The van der Waals surface area contributed by atoms with Crippen LogP contribution < -0.4 is 0 Å². The standard InChI is InChI=1S/C25H42O4Si/c1-15-11-10-12-19(29-30(8,9)25(4,5)6)24-21-18(17(3)26)14-16(2)23(27-7)22(21)20(13-15)28-24/h11,18-22,24H,10,12-14H2,1-9H3/b15-11-/t18-,19-,20-,21-,22-,24+/m1/s1. The number of hydrogen-bond donors (Lipinski definition) is 0. The molecule has 0 saturated carbocycles. The summed E-state index contributed by atoms with van der Waals surface area (Å²) in [6.45, 7) is 17.6. The lowest BCUT2D eigenvalue weighted by Crippen LogP contribution is -2.50. The second-order valence-corrected chi connectivity index (χ2v) is 16.0. The largest absolute Gasteiger partial charge is 0.501 e. The summed E-state index contributed by atoms with van der Waals surface area (Å²) in [7, 11) is -0.207. The van der Waals surface area contributed by atoms with Crippen LogP contribution in [0.1, 0.15) is 67.2 Å². The van der Waals surface area contributed by atoms with Crippen LogP contribution in [-0.2, 0) is 18.7 Å². The lowest BCUT2D eigenvalue weighted by atomic mass is 9.66. The van der Waals surface area contributed by atoms with Crippen molar-refractivity contribution in [1.82, 2.24) is 0 Å². The van der Waals surface area contributed by atoms with Gasteiger partial charge in [0, 0.05) is 17.8 Å². The molecule has 3 rings (SSSR count). The molecule has 0 aromatic carbocycles. The third kappa shape index (κ3) is 4.35. The number of ketones is 1. The summed E-state index contributed by atoms with van der Waals surface area (Å²) < 4.78 is 19.7. The fraction of sp³-hybridized carbons (Fsp3) is 0.800. The molecule has 0 spiro atoms. The minimum atomic E-state index is -1.98. The molecule has 2 bridgehead atoms. The van der Waals surface area contributed by atoms with E-state index in [1.807, 2.05) is 0 Å². The Labute approximate surface area is 184 Å². The highest BCUT2D eigenvalue weighted by atomic mass is 28.4. The monoisotopic (exact) mass is 434 g/mol. The Morgan fingerprint density at radius 1 is 1.20 bits per heavy atom. The van der Waals surface area contributed by atoms with Crippen molar-refractivity contribution in [1.29, 1.82) is 0 Å². The lowest BCUT2D eigenvalue weighted by Gasteiger charge is -2.43. The Bertz CT molecular complexity index is 730. The van der Waals surface area contributed by atoms with Gasteiger partial charge in [-0.1, -0.05) is 32.4 Å². The number of carbonyl (C=O) groups is 1. The first-order chi connectivity index (χ1) is 13.9. The van der Waals surface area contributed by atoms with Gasteiger partial charge < -0.3 is 13.9 Å². The van der Waals surface area contributed by atoms with Crippen molar-refractivity contribution in [2.75, 3.05) is 7.11 Å². The van der Waals surface area contributed by atoms with Gasteiger partial charge in [0.1, 0.15) is 11.5 Å². The number of rotatable bonds is 4. The van der Waals surface area contributed by atoms with Crippen molar-refractivity contribution in [3.63, 3.8) is 0 Å². The van der Waals surface area contributed by atoms with E-state index in [1.165, 1.54) is 11.1 Å². The van der Waals surface area contributed by atoms with Gasteiger partial charge in [-0.15, -0.1) is 0 Å². The number of ether oxygens (including phenoxy) is 2. The van der Waals surface area contributed by atoms with Gasteiger partial charge in [-0.05, 0) is 70.2 Å². The van der Waals surface area contributed by atoms with Crippen LogP contribution in [0.5, 0.6) is 0 Å². The first-order valence-electron chi connectivity index (χ1n) is 11.6. The number of Topliss-reactive ketones (excluding diaryl/α,β-unsaturated/α-hetero) is 1. The maximum Gasteiger partial charge on any atom is 0.192 e. The van der Waals surface area contributed by atoms with E-state index in [2.05, 4.69) is 53.8 Å². The summed E-state index contributed by atoms with van der Waals surface area (Å²) >= 11 is 0. The van der Waals surface area contributed by atoms with Gasteiger partial charge in [-0.3, -0.25) is 4.79 Å². The Hall–Kier alpha value is -0.913. The van der Waals surface area contributed by atoms with Gasteiger partial charge in [0.25, 0.3) is 0 Å². The van der Waals surface area contributed by atoms with Crippen LogP contribution in [0.15, 0.2) is 23.0 Å². The molecular formula is C25H42O4Si. The highest BCUT2D eigenvalue weighted by molar-refractivity contribution is 6.74. The van der Waals surface area contributed by atoms with Crippen molar-refractivity contribution < 1.29 is 18.7 Å². The number of carbonyl (C=O) groups excluding carboxylic acids is 1. The lowest BCUT2D eigenvalue weighted by molar-refractivity contribution is -0.125. The topological polar surface area (TPSA) is 44.8 Å². The zero-order valence-corrected chi connectivity index (χ0v) is 21.5. The number of allylic oxidation sites excluding steroid dienone is 2. The fourth-order valence-corrected chi connectivity index (χ4v) is 6.84. The van der Waals surface area contributed by atoms with Gasteiger partial charge in [0.15, 0.2) is 8.32 Å². The highest BCUT2D eigenvalue weighted by Crippen LogP contribution is 2.53. The molecule has 5 heteroatoms. The molecule has 1 fully saturated rings. The van der Waals surface area contributed by atoms with E-state index < -0.39 is 8.32 Å². The average Bonchev–Trinajstić information content (AvgIpc) is 3.00. The number of hydrogen-bond acceptors (Lipinski definition) is 4. The smallest absolute Gasteiger partial charge is 0.192 e. The van der Waals surface area contributed by atoms with Gasteiger partial charge in [0.05, 0.1) is 25.4 Å². The fourth-order valence-electron chi connectivity index (χ4n) is 5.48. The molecule has 0 amide bonds. The van der Waals surface area contributed by atoms with E-state index in [9.17, 15) is 4.79 Å². The number of fused-ring (bicyclic) bond motifs is 5. The van der Waals surface area contributed by atoms with Crippen LogP contribution in [0.3, 0.4) is 0 Å². The van der Waals surface area contributed by atoms with E-state index in [0.29, 0.717) is 0 Å². The maximum absolute atomic E-state index is 12.8. The molecule has 2 aliphatic heterocycles. The van der Waals surface area contributed by atoms with Crippen LogP contribution in [0.4, 0.5) is 0 Å². The molecule has 6 atom stereocenters. The zero-order chi connectivity index (χ0) is 22.4. The molecule has 0 aromatic rings. The van der Waals surface area contributed by atoms with E-state index >= 15 is 0 Å². The van der Waals surface area contributed by atoms with Crippen LogP contribution in [0.25, 0.3) is 0 Å². The summed E-state index contributed by atoms with van der Waals surface area (Å²) in [6.07, 6.45) is 5.99. The molecule has 30 heavy (non-hydrogen) atoms. The summed E-state index contributed by atoms with van der Waals surface area (Å²) in [5.74, 6) is 1.56. The van der Waals surface area contributed by atoms with Crippen molar-refractivity contribution in [2.24, 2.45) is 17.8 Å². The first-order valence-corrected chi connectivity index (χ1v) is 14.5. The Balaban J connectivity index is 2.06. The Kier molecular flexibility index (Phi) is 6.77. The summed E-state index contributed by atoms with van der Waals surface area (Å²) in [5.41, 5.74) is 2.57. The molecular weight excluding hydrogens is 392 g/mol. The van der Waals surface area contributed by atoms with Crippen molar-refractivity contribution in [2.45, 2.75) is 104 Å². The predicted octanol–water partition coefficient (Wildman–Crippen LogP) is 6.04. The van der Waals surface area contributed by atoms with Gasteiger partial charge in [-0.2, -0.15) is 0 Å². The predicted molar refractivity (Wildman–Crippen MR) is 124 cm³/mol. The first kappa shape index (κ1) is 23.7.